The van der Waals surface area contributed by atoms with Gasteiger partial charge in [-0.2, -0.15) is 0 Å². The van der Waals surface area contributed by atoms with E-state index in [1.165, 1.54) is 6.07 Å². The summed E-state index contributed by atoms with van der Waals surface area (Å²) in [5.74, 6) is 0. The van der Waals surface area contributed by atoms with E-state index < -0.39 is 4.92 Å². The summed E-state index contributed by atoms with van der Waals surface area (Å²) in [7, 11) is 0. The van der Waals surface area contributed by atoms with Gasteiger partial charge in [0.2, 0.25) is 0 Å². The standard InChI is InChI=1S/C8H8BrNO3/c1-5-6(4-11)7(9)2-3-8(5)10(12)13/h2-3,11H,4H2,1H3. The van der Waals surface area contributed by atoms with Crippen LogP contribution in [0.4, 0.5) is 5.69 Å². The second kappa shape index (κ2) is 3.85. The van der Waals surface area contributed by atoms with E-state index in [4.69, 9.17) is 5.11 Å². The van der Waals surface area contributed by atoms with Gasteiger partial charge in [-0.3, -0.25) is 10.1 Å². The third kappa shape index (κ3) is 1.87. The predicted octanol–water partition coefficient (Wildman–Crippen LogP) is 2.16. The Bertz CT molecular complexity index is 351. The summed E-state index contributed by atoms with van der Waals surface area (Å²) < 4.78 is 0.693. The molecule has 1 rings (SSSR count). The molecule has 0 heterocycles. The highest BCUT2D eigenvalue weighted by atomic mass is 79.9. The molecule has 1 aromatic rings. The summed E-state index contributed by atoms with van der Waals surface area (Å²) in [5.41, 5.74) is 1.10. The maximum Gasteiger partial charge on any atom is 0.272 e. The fourth-order valence-corrected chi connectivity index (χ4v) is 1.66. The van der Waals surface area contributed by atoms with Gasteiger partial charge in [0.15, 0.2) is 0 Å². The topological polar surface area (TPSA) is 63.4 Å². The lowest BCUT2D eigenvalue weighted by molar-refractivity contribution is -0.385. The minimum absolute atomic E-state index is 0.0345. The molecule has 0 saturated heterocycles. The van der Waals surface area contributed by atoms with E-state index in [1.807, 2.05) is 0 Å². The molecule has 0 aromatic heterocycles. The minimum atomic E-state index is -0.457. The maximum atomic E-state index is 10.5. The van der Waals surface area contributed by atoms with Gasteiger partial charge in [-0.1, -0.05) is 15.9 Å². The lowest BCUT2D eigenvalue weighted by atomic mass is 10.1. The lowest BCUT2D eigenvalue weighted by Crippen LogP contribution is -1.97. The molecule has 0 atom stereocenters. The number of rotatable bonds is 2. The van der Waals surface area contributed by atoms with Crippen molar-refractivity contribution in [1.82, 2.24) is 0 Å². The molecule has 0 saturated carbocycles. The molecule has 0 unspecified atom stereocenters. The molecule has 0 aliphatic heterocycles. The number of aliphatic hydroxyl groups excluding tert-OH is 1. The number of hydrogen-bond acceptors (Lipinski definition) is 3. The third-order valence-corrected chi connectivity index (χ3v) is 2.61. The number of hydrogen-bond donors (Lipinski definition) is 1. The Morgan fingerprint density at radius 1 is 1.62 bits per heavy atom. The fourth-order valence-electron chi connectivity index (χ4n) is 1.10. The van der Waals surface area contributed by atoms with Crippen molar-refractivity contribution < 1.29 is 10.0 Å². The van der Waals surface area contributed by atoms with Crippen molar-refractivity contribution in [2.75, 3.05) is 0 Å². The van der Waals surface area contributed by atoms with E-state index in [9.17, 15) is 10.1 Å². The van der Waals surface area contributed by atoms with Crippen molar-refractivity contribution in [2.45, 2.75) is 13.5 Å². The van der Waals surface area contributed by atoms with Gasteiger partial charge in [0.05, 0.1) is 11.5 Å². The fraction of sp³-hybridized carbons (Fsp3) is 0.250. The average Bonchev–Trinajstić information content (AvgIpc) is 2.04. The highest BCUT2D eigenvalue weighted by molar-refractivity contribution is 9.10. The van der Waals surface area contributed by atoms with Gasteiger partial charge in [0.25, 0.3) is 5.69 Å². The smallest absolute Gasteiger partial charge is 0.272 e. The second-order valence-electron chi connectivity index (χ2n) is 2.59. The average molecular weight is 246 g/mol. The zero-order valence-electron chi connectivity index (χ0n) is 6.95. The normalized spacial score (nSPS) is 10.1. The second-order valence-corrected chi connectivity index (χ2v) is 3.44. The van der Waals surface area contributed by atoms with E-state index in [-0.39, 0.29) is 12.3 Å². The Kier molecular flexibility index (Phi) is 3.00. The van der Waals surface area contributed by atoms with Crippen LogP contribution in [0.15, 0.2) is 16.6 Å². The van der Waals surface area contributed by atoms with Crippen molar-refractivity contribution in [3.63, 3.8) is 0 Å². The van der Waals surface area contributed by atoms with Crippen LogP contribution in [-0.4, -0.2) is 10.0 Å². The van der Waals surface area contributed by atoms with Crippen molar-refractivity contribution in [3.8, 4) is 0 Å². The molecule has 0 radical (unpaired) electrons. The van der Waals surface area contributed by atoms with Gasteiger partial charge < -0.3 is 5.11 Å². The summed E-state index contributed by atoms with van der Waals surface area (Å²) in [6.45, 7) is 1.42. The Hall–Kier alpha value is -0.940. The molecule has 0 aliphatic rings. The van der Waals surface area contributed by atoms with Crippen LogP contribution in [0.25, 0.3) is 0 Å². The van der Waals surface area contributed by atoms with E-state index in [2.05, 4.69) is 15.9 Å². The molecule has 4 nitrogen and oxygen atoms in total. The molecule has 5 heteroatoms. The predicted molar refractivity (Wildman–Crippen MR) is 51.5 cm³/mol. The van der Waals surface area contributed by atoms with Crippen molar-refractivity contribution in [2.24, 2.45) is 0 Å². The van der Waals surface area contributed by atoms with Gasteiger partial charge in [0, 0.05) is 21.7 Å². The Balaban J connectivity index is 3.35. The Labute approximate surface area is 83.5 Å². The number of benzene rings is 1. The maximum absolute atomic E-state index is 10.5. The minimum Gasteiger partial charge on any atom is -0.392 e. The molecule has 13 heavy (non-hydrogen) atoms. The van der Waals surface area contributed by atoms with Gasteiger partial charge in [-0.25, -0.2) is 0 Å². The van der Waals surface area contributed by atoms with Gasteiger partial charge in [0.1, 0.15) is 0 Å². The zero-order chi connectivity index (χ0) is 10.0. The molecule has 0 bridgehead atoms. The summed E-state index contributed by atoms with van der Waals surface area (Å²) in [6, 6.07) is 2.98. The summed E-state index contributed by atoms with van der Waals surface area (Å²) in [4.78, 5) is 10.1. The highest BCUT2D eigenvalue weighted by Crippen LogP contribution is 2.27. The first kappa shape index (κ1) is 10.1. The van der Waals surface area contributed by atoms with Crippen LogP contribution >= 0.6 is 15.9 Å². The number of nitro benzene ring substituents is 1. The highest BCUT2D eigenvalue weighted by Gasteiger charge is 2.15. The van der Waals surface area contributed by atoms with Gasteiger partial charge in [-0.05, 0) is 13.0 Å². The van der Waals surface area contributed by atoms with Crippen LogP contribution in [0.5, 0.6) is 0 Å². The summed E-state index contributed by atoms with van der Waals surface area (Å²) in [6.07, 6.45) is 0. The quantitative estimate of drug-likeness (QED) is 0.642. The molecule has 70 valence electrons. The SMILES string of the molecule is Cc1c([N+](=O)[O-])ccc(Br)c1CO. The Morgan fingerprint density at radius 2 is 2.23 bits per heavy atom. The summed E-state index contributed by atoms with van der Waals surface area (Å²) in [5, 5.41) is 19.5. The molecule has 1 N–H and O–H groups in total. The third-order valence-electron chi connectivity index (χ3n) is 1.87. The largest absolute Gasteiger partial charge is 0.392 e. The van der Waals surface area contributed by atoms with Crippen LogP contribution < -0.4 is 0 Å². The number of halogens is 1. The van der Waals surface area contributed by atoms with Crippen molar-refractivity contribution in [1.29, 1.82) is 0 Å². The number of aliphatic hydroxyl groups is 1. The zero-order valence-corrected chi connectivity index (χ0v) is 8.54. The van der Waals surface area contributed by atoms with Crippen molar-refractivity contribution in [3.05, 3.63) is 37.8 Å². The van der Waals surface area contributed by atoms with Gasteiger partial charge >= 0.3 is 0 Å². The van der Waals surface area contributed by atoms with E-state index in [1.54, 1.807) is 13.0 Å². The van der Waals surface area contributed by atoms with Crippen LogP contribution in [-0.2, 0) is 6.61 Å². The number of nitrogens with zero attached hydrogens (tertiary/aromatic N) is 1. The molecule has 0 aliphatic carbocycles. The molecule has 0 fully saturated rings. The Morgan fingerprint density at radius 3 is 2.69 bits per heavy atom. The van der Waals surface area contributed by atoms with Crippen LogP contribution in [0.1, 0.15) is 11.1 Å². The van der Waals surface area contributed by atoms with Gasteiger partial charge in [-0.15, -0.1) is 0 Å². The molecular formula is C8H8BrNO3. The summed E-state index contributed by atoms with van der Waals surface area (Å²) >= 11 is 3.21. The van der Waals surface area contributed by atoms with Crippen molar-refractivity contribution >= 4 is 21.6 Å². The van der Waals surface area contributed by atoms with E-state index in [0.29, 0.717) is 15.6 Å². The first-order valence-corrected chi connectivity index (χ1v) is 4.40. The molecule has 0 spiro atoms. The number of nitro groups is 1. The molecule has 1 aromatic carbocycles. The van der Waals surface area contributed by atoms with E-state index >= 15 is 0 Å². The molecular weight excluding hydrogens is 238 g/mol. The monoisotopic (exact) mass is 245 g/mol. The first-order chi connectivity index (χ1) is 6.07. The first-order valence-electron chi connectivity index (χ1n) is 3.61. The molecule has 0 amide bonds. The van der Waals surface area contributed by atoms with Crippen LogP contribution in [0, 0.1) is 17.0 Å². The van der Waals surface area contributed by atoms with Crippen LogP contribution in [0.2, 0.25) is 0 Å². The van der Waals surface area contributed by atoms with E-state index in [0.717, 1.165) is 0 Å². The lowest BCUT2D eigenvalue weighted by Gasteiger charge is -2.05. The van der Waals surface area contributed by atoms with Crippen LogP contribution in [0.3, 0.4) is 0 Å².